The monoisotopic (exact) mass is 738 g/mol. The molecule has 53 heavy (non-hydrogen) atoms. The van der Waals surface area contributed by atoms with Crippen LogP contribution >= 0.6 is 0 Å². The minimum Gasteiger partial charge on any atom is -0.466 e. The van der Waals surface area contributed by atoms with Crippen LogP contribution in [0.4, 0.5) is 0 Å². The number of carbonyl (C=O) groups excluding carboxylic acids is 5. The Morgan fingerprint density at radius 1 is 0.717 bits per heavy atom. The van der Waals surface area contributed by atoms with Crippen molar-refractivity contribution in [3.63, 3.8) is 0 Å². The van der Waals surface area contributed by atoms with E-state index in [0.717, 1.165) is 43.9 Å². The van der Waals surface area contributed by atoms with Gasteiger partial charge in [0.2, 0.25) is 0 Å². The van der Waals surface area contributed by atoms with Gasteiger partial charge >= 0.3 is 29.8 Å². The van der Waals surface area contributed by atoms with Crippen LogP contribution in [0.2, 0.25) is 0 Å². The molecule has 1 heterocycles. The summed E-state index contributed by atoms with van der Waals surface area (Å²) in [4.78, 5) is 56.3. The summed E-state index contributed by atoms with van der Waals surface area (Å²) in [7, 11) is 1.33. The van der Waals surface area contributed by atoms with E-state index in [1.807, 2.05) is 6.92 Å². The van der Waals surface area contributed by atoms with Gasteiger partial charge in [0, 0.05) is 34.1 Å². The molecule has 0 N–H and O–H groups in total. The number of rotatable bonds is 8. The summed E-state index contributed by atoms with van der Waals surface area (Å²) < 4.78 is 26.2. The Balaban J connectivity index is 0.000000166. The average Bonchev–Trinajstić information content (AvgIpc) is 3.85. The fourth-order valence-electron chi connectivity index (χ4n) is 10.1. The number of hydrogen-bond donors (Lipinski definition) is 0. The lowest BCUT2D eigenvalue weighted by Gasteiger charge is -2.60. The maximum atomic E-state index is 12.0. The van der Waals surface area contributed by atoms with Gasteiger partial charge in [0.15, 0.2) is 0 Å². The van der Waals surface area contributed by atoms with Gasteiger partial charge in [0.05, 0.1) is 13.0 Å². The zero-order valence-electron chi connectivity index (χ0n) is 33.1. The molecule has 7 saturated carbocycles. The molecular weight excluding hydrogens is 676 g/mol. The summed E-state index contributed by atoms with van der Waals surface area (Å²) >= 11 is 0. The van der Waals surface area contributed by atoms with Gasteiger partial charge in [-0.15, -0.1) is 0 Å². The molecule has 8 rings (SSSR count). The van der Waals surface area contributed by atoms with Crippen molar-refractivity contribution in [2.75, 3.05) is 7.11 Å². The molecule has 5 unspecified atom stereocenters. The summed E-state index contributed by atoms with van der Waals surface area (Å²) in [5, 5.41) is 0. The molecule has 8 aliphatic rings. The zero-order valence-corrected chi connectivity index (χ0v) is 33.1. The summed E-state index contributed by atoms with van der Waals surface area (Å²) in [6.45, 7) is 25.0. The second-order valence-electron chi connectivity index (χ2n) is 16.9. The molecule has 294 valence electrons. The standard InChI is InChI=1S/C16H24O2.C12H14O4.C10H16O2.C5H8O2/c1-4-16(18-15(17)10(2)3)13-6-11-5-12(8-13)9-14(16)7-11;1-5(2)11(13)15-9-6-3-7-8(4-6)12(14)16-10(7)9;1-8(2)9(11)12-10(3)6-4-5-7-10;1-4(2)5(6)7-3/h11-14H,2,4-9H2,1,3H3;6-10H,1,3-4H2,2H3;1,4-7H2,2-3H3;1H2,2-3H3. The number of esters is 5. The molecule has 0 aromatic heterocycles. The maximum Gasteiger partial charge on any atom is 0.333 e. The summed E-state index contributed by atoms with van der Waals surface area (Å²) in [6.07, 6.45) is 13.2. The van der Waals surface area contributed by atoms with Gasteiger partial charge in [-0.3, -0.25) is 4.79 Å². The molecule has 10 nitrogen and oxygen atoms in total. The molecule has 0 aromatic rings. The Kier molecular flexibility index (Phi) is 13.6. The van der Waals surface area contributed by atoms with Gasteiger partial charge < -0.3 is 23.7 Å². The van der Waals surface area contributed by atoms with Crippen molar-refractivity contribution in [3.8, 4) is 0 Å². The van der Waals surface area contributed by atoms with Crippen LogP contribution in [-0.4, -0.2) is 60.4 Å². The molecule has 1 saturated heterocycles. The van der Waals surface area contributed by atoms with Crippen molar-refractivity contribution in [3.05, 3.63) is 48.6 Å². The van der Waals surface area contributed by atoms with Gasteiger partial charge in [0.25, 0.3) is 0 Å². The van der Waals surface area contributed by atoms with Crippen molar-refractivity contribution in [2.45, 2.75) is 142 Å². The zero-order chi connectivity index (χ0) is 39.4. The highest BCUT2D eigenvalue weighted by Gasteiger charge is 2.63. The van der Waals surface area contributed by atoms with Gasteiger partial charge in [-0.1, -0.05) is 33.2 Å². The predicted molar refractivity (Wildman–Crippen MR) is 200 cm³/mol. The lowest BCUT2D eigenvalue weighted by atomic mass is 9.49. The van der Waals surface area contributed by atoms with Gasteiger partial charge in [-0.2, -0.15) is 0 Å². The molecule has 0 spiro atoms. The third-order valence-corrected chi connectivity index (χ3v) is 12.6. The number of methoxy groups -OCH3 is 1. The molecule has 8 fully saturated rings. The lowest BCUT2D eigenvalue weighted by Crippen LogP contribution is -2.59. The average molecular weight is 739 g/mol. The topological polar surface area (TPSA) is 132 Å². The first kappa shape index (κ1) is 42.1. The second-order valence-corrected chi connectivity index (χ2v) is 16.9. The highest BCUT2D eigenvalue weighted by atomic mass is 16.6. The van der Waals surface area contributed by atoms with Crippen LogP contribution in [0.15, 0.2) is 48.6 Å². The summed E-state index contributed by atoms with van der Waals surface area (Å²) in [6, 6.07) is 0. The highest BCUT2D eigenvalue weighted by Crippen LogP contribution is 2.61. The lowest BCUT2D eigenvalue weighted by molar-refractivity contribution is -0.207. The predicted octanol–water partition coefficient (Wildman–Crippen LogP) is 7.94. The molecule has 1 aliphatic heterocycles. The van der Waals surface area contributed by atoms with Gasteiger partial charge in [0.1, 0.15) is 23.4 Å². The van der Waals surface area contributed by atoms with Crippen LogP contribution in [0, 0.1) is 41.4 Å². The molecule has 0 aromatic carbocycles. The van der Waals surface area contributed by atoms with Crippen molar-refractivity contribution >= 4 is 29.8 Å². The first-order valence-electron chi connectivity index (χ1n) is 19.4. The van der Waals surface area contributed by atoms with Gasteiger partial charge in [-0.25, -0.2) is 19.2 Å². The molecule has 10 heteroatoms. The normalized spacial score (nSPS) is 34.0. The fourth-order valence-corrected chi connectivity index (χ4v) is 10.1. The van der Waals surface area contributed by atoms with Crippen LogP contribution in [0.3, 0.4) is 0 Å². The SMILES string of the molecule is C=C(C)C(=O)OC.C=C(C)C(=O)OC1(C)CCCC1.C=C(C)C(=O)OC1(CC)C2CC3CC(C2)CC1C3.C=C(C)C(=O)OC1C2CC3C(=O)OC1C3C2. The van der Waals surface area contributed by atoms with Crippen molar-refractivity contribution in [1.82, 2.24) is 0 Å². The Morgan fingerprint density at radius 2 is 1.21 bits per heavy atom. The Bertz CT molecular complexity index is 1450. The van der Waals surface area contributed by atoms with Crippen LogP contribution in [0.5, 0.6) is 0 Å². The number of fused-ring (bicyclic) bond motifs is 1. The number of ether oxygens (including phenoxy) is 5. The molecule has 0 radical (unpaired) electrons. The number of hydrogen-bond acceptors (Lipinski definition) is 10. The first-order valence-corrected chi connectivity index (χ1v) is 19.4. The minimum atomic E-state index is -0.378. The Labute approximate surface area is 316 Å². The van der Waals surface area contributed by atoms with Crippen molar-refractivity contribution in [2.24, 2.45) is 41.4 Å². The van der Waals surface area contributed by atoms with Crippen LogP contribution < -0.4 is 0 Å². The van der Waals surface area contributed by atoms with Gasteiger partial charge in [-0.05, 0) is 135 Å². The van der Waals surface area contributed by atoms with E-state index >= 15 is 0 Å². The number of carbonyl (C=O) groups is 5. The Hall–Kier alpha value is -3.69. The fraction of sp³-hybridized carbons (Fsp3) is 0.698. The van der Waals surface area contributed by atoms with Crippen LogP contribution in [-0.2, 0) is 47.7 Å². The van der Waals surface area contributed by atoms with Crippen molar-refractivity contribution < 1.29 is 47.7 Å². The maximum absolute atomic E-state index is 12.0. The first-order chi connectivity index (χ1) is 24.8. The van der Waals surface area contributed by atoms with Crippen LogP contribution in [0.25, 0.3) is 0 Å². The van der Waals surface area contributed by atoms with E-state index in [1.54, 1.807) is 27.7 Å². The summed E-state index contributed by atoms with van der Waals surface area (Å²) in [5.41, 5.74) is 1.48. The molecular formula is C43H62O10. The smallest absolute Gasteiger partial charge is 0.333 e. The third-order valence-electron chi connectivity index (χ3n) is 12.6. The largest absolute Gasteiger partial charge is 0.466 e. The van der Waals surface area contributed by atoms with Crippen LogP contribution in [0.1, 0.15) is 119 Å². The van der Waals surface area contributed by atoms with E-state index in [2.05, 4.69) is 38.0 Å². The highest BCUT2D eigenvalue weighted by molar-refractivity contribution is 5.88. The van der Waals surface area contributed by atoms with E-state index in [4.69, 9.17) is 18.9 Å². The van der Waals surface area contributed by atoms with Crippen molar-refractivity contribution in [1.29, 1.82) is 0 Å². The van der Waals surface area contributed by atoms with E-state index < -0.39 is 0 Å². The minimum absolute atomic E-state index is 0.0646. The molecule has 5 atom stereocenters. The van der Waals surface area contributed by atoms with E-state index in [9.17, 15) is 24.0 Å². The van der Waals surface area contributed by atoms with E-state index in [1.165, 1.54) is 52.1 Å². The second kappa shape index (κ2) is 17.2. The quantitative estimate of drug-likeness (QED) is 0.137. The third kappa shape index (κ3) is 9.52. The van der Waals surface area contributed by atoms with E-state index in [-0.39, 0.29) is 65.1 Å². The van der Waals surface area contributed by atoms with E-state index in [0.29, 0.717) is 40.0 Å². The Morgan fingerprint density at radius 3 is 1.64 bits per heavy atom. The molecule has 6 bridgehead atoms. The molecule has 7 aliphatic carbocycles. The molecule has 0 amide bonds. The summed E-state index contributed by atoms with van der Waals surface area (Å²) in [5.74, 6) is 2.44.